The van der Waals surface area contributed by atoms with Gasteiger partial charge in [0.05, 0.1) is 6.04 Å². The van der Waals surface area contributed by atoms with Crippen molar-refractivity contribution in [1.82, 2.24) is 10.2 Å². The summed E-state index contributed by atoms with van der Waals surface area (Å²) in [6, 6.07) is 0.118. The Balaban J connectivity index is 2.10. The normalized spacial score (nSPS) is 28.2. The van der Waals surface area contributed by atoms with E-state index in [0.717, 1.165) is 13.1 Å². The lowest BCUT2D eigenvalue weighted by Gasteiger charge is -2.31. The molecule has 0 bridgehead atoms. The second kappa shape index (κ2) is 6.69. The van der Waals surface area contributed by atoms with Crippen molar-refractivity contribution in [1.29, 1.82) is 0 Å². The lowest BCUT2D eigenvalue weighted by atomic mass is 9.92. The van der Waals surface area contributed by atoms with Crippen LogP contribution in [-0.4, -0.2) is 42.8 Å². The van der Waals surface area contributed by atoms with Gasteiger partial charge in [0.2, 0.25) is 0 Å². The lowest BCUT2D eigenvalue weighted by molar-refractivity contribution is 0.0214. The van der Waals surface area contributed by atoms with Gasteiger partial charge in [0.1, 0.15) is 5.60 Å². The molecule has 22 heavy (non-hydrogen) atoms. The topological polar surface area (TPSA) is 41.6 Å². The van der Waals surface area contributed by atoms with Crippen molar-refractivity contribution in [2.75, 3.05) is 20.1 Å². The quantitative estimate of drug-likeness (QED) is 0.852. The predicted molar refractivity (Wildman–Crippen MR) is 89.7 cm³/mol. The fourth-order valence-electron chi connectivity index (χ4n) is 2.85. The molecule has 1 aliphatic carbocycles. The van der Waals surface area contributed by atoms with Crippen LogP contribution in [0.3, 0.4) is 0 Å². The third kappa shape index (κ3) is 4.23. The summed E-state index contributed by atoms with van der Waals surface area (Å²) in [5.74, 6) is 0.744. The van der Waals surface area contributed by atoms with Crippen LogP contribution in [0.4, 0.5) is 4.79 Å². The number of allylic oxidation sites excluding steroid dienone is 5. The standard InChI is InChI=1S/C18H28N2O2/c1-13-7-6-8-14(10-9-13)15-11-19-12-16(15)20(5)17(21)22-18(2,3)4/h6-10,13,15-16,19H,11-12H2,1-5H3. The molecule has 0 saturated carbocycles. The first kappa shape index (κ1) is 16.8. The largest absolute Gasteiger partial charge is 0.444 e. The summed E-state index contributed by atoms with van der Waals surface area (Å²) in [6.45, 7) is 9.53. The SMILES string of the molecule is CC1C=CC=C(C2CNCC2N(C)C(=O)OC(C)(C)C)C=C1. The fraction of sp³-hybridized carbons (Fsp3) is 0.611. The summed E-state index contributed by atoms with van der Waals surface area (Å²) in [7, 11) is 1.83. The molecular formula is C18H28N2O2. The highest BCUT2D eigenvalue weighted by molar-refractivity contribution is 5.68. The molecule has 0 radical (unpaired) electrons. The first-order valence-electron chi connectivity index (χ1n) is 8.01. The van der Waals surface area contributed by atoms with Gasteiger partial charge in [-0.1, -0.05) is 37.3 Å². The Kier molecular flexibility index (Phi) is 5.12. The van der Waals surface area contributed by atoms with Gasteiger partial charge in [-0.25, -0.2) is 4.79 Å². The van der Waals surface area contributed by atoms with Crippen molar-refractivity contribution in [3.8, 4) is 0 Å². The highest BCUT2D eigenvalue weighted by atomic mass is 16.6. The molecule has 0 aromatic carbocycles. The maximum absolute atomic E-state index is 12.3. The molecule has 4 heteroatoms. The maximum Gasteiger partial charge on any atom is 0.410 e. The van der Waals surface area contributed by atoms with Crippen molar-refractivity contribution < 1.29 is 9.53 Å². The van der Waals surface area contributed by atoms with E-state index in [2.05, 4.69) is 42.6 Å². The van der Waals surface area contributed by atoms with Gasteiger partial charge in [-0.3, -0.25) is 0 Å². The molecule has 1 amide bonds. The smallest absolute Gasteiger partial charge is 0.410 e. The van der Waals surface area contributed by atoms with Crippen LogP contribution in [0, 0.1) is 11.8 Å². The second-order valence-electron chi connectivity index (χ2n) is 7.19. The van der Waals surface area contributed by atoms with E-state index in [-0.39, 0.29) is 12.1 Å². The van der Waals surface area contributed by atoms with Crippen LogP contribution in [0.1, 0.15) is 27.7 Å². The molecule has 2 rings (SSSR count). The number of nitrogens with zero attached hydrogens (tertiary/aromatic N) is 1. The lowest BCUT2D eigenvalue weighted by Crippen LogP contribution is -2.44. The minimum absolute atomic E-state index is 0.118. The maximum atomic E-state index is 12.3. The fourth-order valence-corrected chi connectivity index (χ4v) is 2.85. The predicted octanol–water partition coefficient (Wildman–Crippen LogP) is 3.13. The average Bonchev–Trinajstić information content (AvgIpc) is 2.79. The van der Waals surface area contributed by atoms with Gasteiger partial charge in [0.15, 0.2) is 0 Å². The van der Waals surface area contributed by atoms with Gasteiger partial charge < -0.3 is 15.0 Å². The number of hydrogen-bond acceptors (Lipinski definition) is 3. The Morgan fingerprint density at radius 3 is 2.73 bits per heavy atom. The first-order chi connectivity index (χ1) is 10.3. The number of likely N-dealkylation sites (N-methyl/N-ethyl adjacent to an activating group) is 1. The van der Waals surface area contributed by atoms with Gasteiger partial charge in [0, 0.05) is 26.1 Å². The van der Waals surface area contributed by atoms with Gasteiger partial charge in [-0.15, -0.1) is 0 Å². The summed E-state index contributed by atoms with van der Waals surface area (Å²) in [5.41, 5.74) is 0.804. The molecule has 0 aromatic rings. The number of carbonyl (C=O) groups excluding carboxylic acids is 1. The van der Waals surface area contributed by atoms with Crippen LogP contribution in [0.25, 0.3) is 0 Å². The molecule has 1 aliphatic heterocycles. The third-order valence-corrected chi connectivity index (χ3v) is 4.08. The van der Waals surface area contributed by atoms with E-state index < -0.39 is 5.60 Å². The zero-order chi connectivity index (χ0) is 16.3. The number of amides is 1. The van der Waals surface area contributed by atoms with Gasteiger partial charge in [-0.2, -0.15) is 0 Å². The van der Waals surface area contributed by atoms with Crippen molar-refractivity contribution in [3.05, 3.63) is 36.0 Å². The van der Waals surface area contributed by atoms with Crippen LogP contribution in [0.5, 0.6) is 0 Å². The van der Waals surface area contributed by atoms with E-state index in [9.17, 15) is 4.79 Å². The van der Waals surface area contributed by atoms with Crippen LogP contribution in [0.15, 0.2) is 36.0 Å². The van der Waals surface area contributed by atoms with Gasteiger partial charge in [-0.05, 0) is 32.3 Å². The molecule has 1 heterocycles. The average molecular weight is 304 g/mol. The Morgan fingerprint density at radius 2 is 2.05 bits per heavy atom. The molecule has 1 fully saturated rings. The first-order valence-corrected chi connectivity index (χ1v) is 8.01. The zero-order valence-electron chi connectivity index (χ0n) is 14.3. The van der Waals surface area contributed by atoms with Crippen molar-refractivity contribution in [2.24, 2.45) is 11.8 Å². The highest BCUT2D eigenvalue weighted by Crippen LogP contribution is 2.27. The van der Waals surface area contributed by atoms with Gasteiger partial charge >= 0.3 is 6.09 Å². The van der Waals surface area contributed by atoms with E-state index in [1.165, 1.54) is 5.57 Å². The van der Waals surface area contributed by atoms with Crippen LogP contribution >= 0.6 is 0 Å². The van der Waals surface area contributed by atoms with E-state index in [4.69, 9.17) is 4.74 Å². The van der Waals surface area contributed by atoms with E-state index in [1.54, 1.807) is 4.90 Å². The van der Waals surface area contributed by atoms with Crippen LogP contribution in [-0.2, 0) is 4.74 Å². The van der Waals surface area contributed by atoms with Crippen molar-refractivity contribution in [2.45, 2.75) is 39.3 Å². The van der Waals surface area contributed by atoms with E-state index in [0.29, 0.717) is 11.8 Å². The Hall–Kier alpha value is -1.55. The minimum atomic E-state index is -0.466. The molecule has 4 nitrogen and oxygen atoms in total. The number of carbonyl (C=O) groups is 1. The van der Waals surface area contributed by atoms with E-state index in [1.807, 2.05) is 27.8 Å². The van der Waals surface area contributed by atoms with Crippen molar-refractivity contribution in [3.63, 3.8) is 0 Å². The monoisotopic (exact) mass is 304 g/mol. The van der Waals surface area contributed by atoms with Crippen molar-refractivity contribution >= 4 is 6.09 Å². The minimum Gasteiger partial charge on any atom is -0.444 e. The molecular weight excluding hydrogens is 276 g/mol. The number of rotatable bonds is 2. The summed E-state index contributed by atoms with van der Waals surface area (Å²) < 4.78 is 5.50. The summed E-state index contributed by atoms with van der Waals surface area (Å²) in [4.78, 5) is 14.1. The molecule has 3 unspecified atom stereocenters. The van der Waals surface area contributed by atoms with Gasteiger partial charge in [0.25, 0.3) is 0 Å². The molecule has 122 valence electrons. The molecule has 3 atom stereocenters. The molecule has 0 aromatic heterocycles. The Labute approximate surface area is 133 Å². The number of ether oxygens (including phenoxy) is 1. The third-order valence-electron chi connectivity index (χ3n) is 4.08. The Bertz CT molecular complexity index is 500. The molecule has 2 aliphatic rings. The highest BCUT2D eigenvalue weighted by Gasteiger charge is 2.35. The molecule has 1 saturated heterocycles. The summed E-state index contributed by atoms with van der Waals surface area (Å²) >= 11 is 0. The number of nitrogens with one attached hydrogen (secondary N) is 1. The molecule has 1 N–H and O–H groups in total. The van der Waals surface area contributed by atoms with Crippen LogP contribution in [0.2, 0.25) is 0 Å². The van der Waals surface area contributed by atoms with Crippen LogP contribution < -0.4 is 5.32 Å². The molecule has 0 spiro atoms. The second-order valence-corrected chi connectivity index (χ2v) is 7.19. The van der Waals surface area contributed by atoms with E-state index >= 15 is 0 Å². The summed E-state index contributed by atoms with van der Waals surface area (Å²) in [6.07, 6.45) is 10.6. The summed E-state index contributed by atoms with van der Waals surface area (Å²) in [5, 5.41) is 3.40. The zero-order valence-corrected chi connectivity index (χ0v) is 14.3. The Morgan fingerprint density at radius 1 is 1.32 bits per heavy atom. The number of hydrogen-bond donors (Lipinski definition) is 1.